The van der Waals surface area contributed by atoms with Gasteiger partial charge in [0.2, 0.25) is 5.91 Å². The fraction of sp³-hybridized carbons (Fsp3) is 0.562. The molecule has 0 spiro atoms. The number of benzene rings is 1. The number of hydrogen-bond donors (Lipinski definition) is 0. The van der Waals surface area contributed by atoms with Crippen molar-refractivity contribution in [3.8, 4) is 0 Å². The van der Waals surface area contributed by atoms with E-state index in [-0.39, 0.29) is 0 Å². The molecule has 0 aromatic heterocycles. The van der Waals surface area contributed by atoms with Crippen LogP contribution in [0, 0.1) is 13.8 Å². The van der Waals surface area contributed by atoms with E-state index in [0.29, 0.717) is 11.7 Å². The molecule has 19 heavy (non-hydrogen) atoms. The molecule has 0 saturated carbocycles. The Balaban J connectivity index is 1.79. The van der Waals surface area contributed by atoms with Crippen molar-refractivity contribution in [1.82, 2.24) is 4.90 Å². The molecule has 1 aromatic carbocycles. The number of piperidine rings is 1. The van der Waals surface area contributed by atoms with E-state index in [2.05, 4.69) is 32.0 Å². The van der Waals surface area contributed by atoms with Crippen LogP contribution in [0.3, 0.4) is 0 Å². The third kappa shape index (κ3) is 4.27. The van der Waals surface area contributed by atoms with E-state index < -0.39 is 0 Å². The van der Waals surface area contributed by atoms with Crippen LogP contribution in [0.2, 0.25) is 0 Å². The molecule has 1 aliphatic heterocycles. The third-order valence-electron chi connectivity index (χ3n) is 3.70. The molecule has 3 heteroatoms. The highest BCUT2D eigenvalue weighted by molar-refractivity contribution is 7.99. The van der Waals surface area contributed by atoms with Gasteiger partial charge in [-0.1, -0.05) is 23.8 Å². The Morgan fingerprint density at radius 1 is 1.21 bits per heavy atom. The minimum absolute atomic E-state index is 0.315. The summed E-state index contributed by atoms with van der Waals surface area (Å²) in [6, 6.07) is 6.54. The Morgan fingerprint density at radius 2 is 1.95 bits per heavy atom. The van der Waals surface area contributed by atoms with Crippen LogP contribution in [0.5, 0.6) is 0 Å². The van der Waals surface area contributed by atoms with E-state index in [4.69, 9.17) is 0 Å². The highest BCUT2D eigenvalue weighted by Gasteiger charge is 2.16. The van der Waals surface area contributed by atoms with Crippen LogP contribution in [0.4, 0.5) is 0 Å². The van der Waals surface area contributed by atoms with E-state index in [0.717, 1.165) is 18.8 Å². The standard InChI is InChI=1S/C16H23NOS/c1-13-6-7-14(2)15(10-13)11-19-12-16(18)17-8-4-3-5-9-17/h6-7,10H,3-5,8-9,11-12H2,1-2H3. The Hall–Kier alpha value is -0.960. The molecule has 0 bridgehead atoms. The highest BCUT2D eigenvalue weighted by Crippen LogP contribution is 2.19. The van der Waals surface area contributed by atoms with Gasteiger partial charge in [0.25, 0.3) is 0 Å². The first kappa shape index (κ1) is 14.4. The maximum absolute atomic E-state index is 12.0. The second-order valence-corrected chi connectivity index (χ2v) is 6.35. The minimum Gasteiger partial charge on any atom is -0.342 e. The molecule has 1 amide bonds. The topological polar surface area (TPSA) is 20.3 Å². The molecular weight excluding hydrogens is 254 g/mol. The van der Waals surface area contributed by atoms with Crippen molar-refractivity contribution in [1.29, 1.82) is 0 Å². The van der Waals surface area contributed by atoms with E-state index in [1.807, 2.05) is 4.90 Å². The van der Waals surface area contributed by atoms with Crippen molar-refractivity contribution in [2.24, 2.45) is 0 Å². The van der Waals surface area contributed by atoms with Gasteiger partial charge in [-0.05, 0) is 44.2 Å². The van der Waals surface area contributed by atoms with E-state index in [9.17, 15) is 4.79 Å². The molecule has 0 unspecified atom stereocenters. The first-order valence-corrected chi connectivity index (χ1v) is 8.24. The summed E-state index contributed by atoms with van der Waals surface area (Å²) in [7, 11) is 0. The average molecular weight is 277 g/mol. The van der Waals surface area contributed by atoms with Crippen molar-refractivity contribution in [2.45, 2.75) is 38.9 Å². The lowest BCUT2D eigenvalue weighted by molar-refractivity contribution is -0.129. The van der Waals surface area contributed by atoms with Gasteiger partial charge in [-0.15, -0.1) is 11.8 Å². The van der Waals surface area contributed by atoms with Crippen LogP contribution in [-0.4, -0.2) is 29.6 Å². The van der Waals surface area contributed by atoms with Crippen molar-refractivity contribution < 1.29 is 4.79 Å². The van der Waals surface area contributed by atoms with Crippen LogP contribution < -0.4 is 0 Å². The number of likely N-dealkylation sites (tertiary alicyclic amines) is 1. The summed E-state index contributed by atoms with van der Waals surface area (Å²) in [5, 5.41) is 0. The summed E-state index contributed by atoms with van der Waals surface area (Å²) in [6.45, 7) is 6.18. The lowest BCUT2D eigenvalue weighted by Gasteiger charge is -2.26. The van der Waals surface area contributed by atoms with Crippen LogP contribution in [-0.2, 0) is 10.5 Å². The highest BCUT2D eigenvalue weighted by atomic mass is 32.2. The molecule has 1 heterocycles. The normalized spacial score (nSPS) is 15.6. The number of amides is 1. The van der Waals surface area contributed by atoms with Gasteiger partial charge in [-0.25, -0.2) is 0 Å². The van der Waals surface area contributed by atoms with Crippen LogP contribution >= 0.6 is 11.8 Å². The van der Waals surface area contributed by atoms with Crippen LogP contribution in [0.1, 0.15) is 36.0 Å². The molecule has 2 rings (SSSR count). The van der Waals surface area contributed by atoms with Gasteiger partial charge in [0, 0.05) is 18.8 Å². The van der Waals surface area contributed by atoms with Crippen LogP contribution in [0.15, 0.2) is 18.2 Å². The number of aryl methyl sites for hydroxylation is 2. The molecule has 1 aromatic rings. The van der Waals surface area contributed by atoms with Crippen LogP contribution in [0.25, 0.3) is 0 Å². The van der Waals surface area contributed by atoms with E-state index in [1.165, 1.54) is 36.0 Å². The molecule has 2 nitrogen and oxygen atoms in total. The summed E-state index contributed by atoms with van der Waals surface area (Å²) in [5.74, 6) is 1.87. The maximum atomic E-state index is 12.0. The lowest BCUT2D eigenvalue weighted by Crippen LogP contribution is -2.36. The molecule has 0 atom stereocenters. The summed E-state index contributed by atoms with van der Waals surface area (Å²) in [4.78, 5) is 14.1. The quantitative estimate of drug-likeness (QED) is 0.839. The fourth-order valence-electron chi connectivity index (χ4n) is 2.44. The summed E-state index contributed by atoms with van der Waals surface area (Å²) >= 11 is 1.74. The second-order valence-electron chi connectivity index (χ2n) is 5.36. The Bertz CT molecular complexity index is 438. The predicted octanol–water partition coefficient (Wildman–Crippen LogP) is 3.55. The largest absolute Gasteiger partial charge is 0.342 e. The molecule has 0 radical (unpaired) electrons. The molecule has 0 N–H and O–H groups in total. The molecule has 1 saturated heterocycles. The maximum Gasteiger partial charge on any atom is 0.232 e. The first-order valence-electron chi connectivity index (χ1n) is 7.08. The number of rotatable bonds is 4. The lowest BCUT2D eigenvalue weighted by atomic mass is 10.1. The zero-order chi connectivity index (χ0) is 13.7. The van der Waals surface area contributed by atoms with Crippen molar-refractivity contribution in [2.75, 3.05) is 18.8 Å². The zero-order valence-electron chi connectivity index (χ0n) is 11.9. The number of hydrogen-bond acceptors (Lipinski definition) is 2. The number of carbonyl (C=O) groups is 1. The van der Waals surface area contributed by atoms with Gasteiger partial charge in [-0.3, -0.25) is 4.79 Å². The fourth-order valence-corrected chi connectivity index (χ4v) is 3.43. The zero-order valence-corrected chi connectivity index (χ0v) is 12.8. The molecule has 1 aliphatic rings. The van der Waals surface area contributed by atoms with Gasteiger partial charge in [0.1, 0.15) is 0 Å². The van der Waals surface area contributed by atoms with Gasteiger partial charge in [-0.2, -0.15) is 0 Å². The monoisotopic (exact) mass is 277 g/mol. The van der Waals surface area contributed by atoms with Crippen molar-refractivity contribution in [3.63, 3.8) is 0 Å². The number of nitrogens with zero attached hydrogens (tertiary/aromatic N) is 1. The molecule has 0 aliphatic carbocycles. The SMILES string of the molecule is Cc1ccc(C)c(CSCC(=O)N2CCCCC2)c1. The molecular formula is C16H23NOS. The average Bonchev–Trinajstić information content (AvgIpc) is 2.43. The van der Waals surface area contributed by atoms with E-state index >= 15 is 0 Å². The predicted molar refractivity (Wildman–Crippen MR) is 82.5 cm³/mol. The Labute approximate surface area is 120 Å². The molecule has 104 valence electrons. The summed E-state index contributed by atoms with van der Waals surface area (Å²) in [5.41, 5.74) is 3.98. The van der Waals surface area contributed by atoms with Gasteiger partial charge < -0.3 is 4.90 Å². The van der Waals surface area contributed by atoms with Crippen molar-refractivity contribution in [3.05, 3.63) is 34.9 Å². The van der Waals surface area contributed by atoms with E-state index in [1.54, 1.807) is 11.8 Å². The second kappa shape index (κ2) is 6.99. The Kier molecular flexibility index (Phi) is 5.32. The third-order valence-corrected chi connectivity index (χ3v) is 4.66. The Morgan fingerprint density at radius 3 is 2.68 bits per heavy atom. The number of thioether (sulfide) groups is 1. The smallest absolute Gasteiger partial charge is 0.232 e. The van der Waals surface area contributed by atoms with Gasteiger partial charge >= 0.3 is 0 Å². The van der Waals surface area contributed by atoms with Gasteiger partial charge in [0.15, 0.2) is 0 Å². The van der Waals surface area contributed by atoms with Crippen molar-refractivity contribution >= 4 is 17.7 Å². The summed E-state index contributed by atoms with van der Waals surface area (Å²) < 4.78 is 0. The molecule has 1 fully saturated rings. The summed E-state index contributed by atoms with van der Waals surface area (Å²) in [6.07, 6.45) is 3.63. The first-order chi connectivity index (χ1) is 9.16. The number of carbonyl (C=O) groups excluding carboxylic acids is 1. The minimum atomic E-state index is 0.315. The van der Waals surface area contributed by atoms with Gasteiger partial charge in [0.05, 0.1) is 5.75 Å².